The van der Waals surface area contributed by atoms with Crippen molar-refractivity contribution in [3.8, 4) is 11.5 Å². The smallest absolute Gasteiger partial charge is 0.258 e. The topological polar surface area (TPSA) is 57.2 Å². The summed E-state index contributed by atoms with van der Waals surface area (Å²) in [6.07, 6.45) is 4.58. The molecule has 2 spiro atoms. The van der Waals surface area contributed by atoms with Gasteiger partial charge in [-0.25, -0.2) is 0 Å². The highest BCUT2D eigenvalue weighted by Gasteiger charge is 2.80. The van der Waals surface area contributed by atoms with E-state index in [9.17, 15) is 5.11 Å². The Bertz CT molecular complexity index is 1110. The third-order valence-corrected chi connectivity index (χ3v) is 17.4. The molecule has 1 N–H and O–H groups in total. The molecule has 2 saturated heterocycles. The van der Waals surface area contributed by atoms with E-state index in [-0.39, 0.29) is 12.1 Å². The minimum absolute atomic E-state index is 0.0692. The maximum Gasteiger partial charge on any atom is 0.258 e. The molecule has 3 heterocycles. The number of benzene rings is 1. The molecule has 0 aromatic heterocycles. The molecule has 0 amide bonds. The molecule has 3 fully saturated rings. The predicted molar refractivity (Wildman–Crippen MR) is 151 cm³/mol. The number of likely N-dealkylation sites (N-methyl/N-ethyl adjacent to an activating group) is 1. The first-order valence-corrected chi connectivity index (χ1v) is 17.0. The van der Waals surface area contributed by atoms with E-state index in [1.807, 2.05) is 6.08 Å². The minimum Gasteiger partial charge on any atom is -0.540 e. The summed E-state index contributed by atoms with van der Waals surface area (Å²) in [7, 11) is 0.0758. The lowest BCUT2D eigenvalue weighted by Gasteiger charge is -2.66. The third kappa shape index (κ3) is 3.08. The average molecular weight is 543 g/mol. The van der Waals surface area contributed by atoms with Crippen LogP contribution in [-0.4, -0.2) is 74.8 Å². The number of ether oxygens (including phenoxy) is 3. The molecular weight excluding hydrogens is 494 g/mol. The van der Waals surface area contributed by atoms with Gasteiger partial charge in [-0.1, -0.05) is 54.2 Å². The fourth-order valence-electron chi connectivity index (χ4n) is 9.90. The first-order valence-electron chi connectivity index (χ1n) is 14.9. The van der Waals surface area contributed by atoms with Gasteiger partial charge in [-0.05, 0) is 40.8 Å². The molecule has 5 aliphatic rings. The maximum atomic E-state index is 12.9. The zero-order valence-corrected chi connectivity index (χ0v) is 25.5. The Balaban J connectivity index is 1.56. The van der Waals surface area contributed by atoms with Crippen LogP contribution in [0.1, 0.15) is 71.9 Å². The number of likely N-dealkylation sites (tertiary alicyclic amines) is 1. The number of quaternary nitrogens is 1. The van der Waals surface area contributed by atoms with Crippen molar-refractivity contribution in [2.75, 3.05) is 33.4 Å². The van der Waals surface area contributed by atoms with E-state index >= 15 is 0 Å². The van der Waals surface area contributed by atoms with E-state index in [1.165, 1.54) is 11.1 Å². The van der Waals surface area contributed by atoms with E-state index < -0.39 is 25.1 Å². The zero-order valence-electron chi connectivity index (χ0n) is 24.5. The SMILES string of the molecule is C=CC[N@@+]1(C)CCC23c4c5ccc(O[Si](C(C)C)(C(C)C)C(C)C)c4OC2C2(CC[C@@]3(O)C1C5)OCCO2. The predicted octanol–water partition coefficient (Wildman–Crippen LogP) is 5.47. The number of nitrogens with zero attached hydrogens (tertiary/aromatic N) is 1. The maximum absolute atomic E-state index is 12.9. The lowest BCUT2D eigenvalue weighted by Crippen LogP contribution is -2.82. The van der Waals surface area contributed by atoms with Crippen LogP contribution in [-0.2, 0) is 21.3 Å². The van der Waals surface area contributed by atoms with Crippen molar-refractivity contribution in [2.45, 2.75) is 113 Å². The van der Waals surface area contributed by atoms with E-state index in [2.05, 4.69) is 67.3 Å². The number of piperidine rings is 1. The van der Waals surface area contributed by atoms with Crippen LogP contribution in [0.25, 0.3) is 0 Å². The van der Waals surface area contributed by atoms with Gasteiger partial charge in [-0.2, -0.15) is 0 Å². The zero-order chi connectivity index (χ0) is 27.3. The Morgan fingerprint density at radius 1 is 1.08 bits per heavy atom. The van der Waals surface area contributed by atoms with Crippen molar-refractivity contribution < 1.29 is 28.2 Å². The first kappa shape index (κ1) is 26.8. The molecule has 1 aromatic rings. The van der Waals surface area contributed by atoms with Crippen molar-refractivity contribution in [1.29, 1.82) is 0 Å². The number of rotatable bonds is 7. The highest BCUT2D eigenvalue weighted by atomic mass is 28.4. The van der Waals surface area contributed by atoms with Gasteiger partial charge in [-0.3, -0.25) is 0 Å². The van der Waals surface area contributed by atoms with Crippen LogP contribution >= 0.6 is 0 Å². The second kappa shape index (κ2) is 8.56. The highest BCUT2D eigenvalue weighted by molar-refractivity contribution is 6.78. The Hall–Kier alpha value is -1.38. The van der Waals surface area contributed by atoms with Gasteiger partial charge in [0, 0.05) is 24.8 Å². The average Bonchev–Trinajstić information content (AvgIpc) is 3.46. The van der Waals surface area contributed by atoms with E-state index in [0.29, 0.717) is 42.7 Å². The lowest BCUT2D eigenvalue weighted by atomic mass is 9.47. The van der Waals surface area contributed by atoms with Gasteiger partial charge < -0.3 is 28.2 Å². The van der Waals surface area contributed by atoms with Gasteiger partial charge in [-0.15, -0.1) is 0 Å². The molecule has 6 rings (SSSR count). The van der Waals surface area contributed by atoms with Crippen molar-refractivity contribution in [3.63, 3.8) is 0 Å². The standard InChI is InChI=1S/C31H48NO5Si/c1-9-15-32(8)16-14-29-26-23-10-11-24(37-38(20(2)3,21(4)5)22(6)7)27(26)36-28(29)31(34-17-18-35-31)13-12-30(29,33)25(32)19-23/h9-11,20-22,25,28,33H,1,12-19H2,2-8H3/q+1/t25?,28?,29?,30-,32+/m1/s1. The molecule has 1 aromatic carbocycles. The van der Waals surface area contributed by atoms with Crippen molar-refractivity contribution in [2.24, 2.45) is 0 Å². The molecule has 7 heteroatoms. The summed E-state index contributed by atoms with van der Waals surface area (Å²) in [4.78, 5) is 0. The van der Waals surface area contributed by atoms with Gasteiger partial charge >= 0.3 is 0 Å². The van der Waals surface area contributed by atoms with E-state index in [4.69, 9.17) is 18.6 Å². The summed E-state index contributed by atoms with van der Waals surface area (Å²) >= 11 is 0. The second-order valence-corrected chi connectivity index (χ2v) is 19.3. The molecule has 1 saturated carbocycles. The largest absolute Gasteiger partial charge is 0.540 e. The molecular formula is C31H48NO5Si+. The van der Waals surface area contributed by atoms with Crippen molar-refractivity contribution >= 4 is 8.32 Å². The summed E-state index contributed by atoms with van der Waals surface area (Å²) in [6.45, 7) is 20.9. The van der Waals surface area contributed by atoms with Gasteiger partial charge in [0.1, 0.15) is 17.4 Å². The fraction of sp³-hybridized carbons (Fsp3) is 0.742. The van der Waals surface area contributed by atoms with Gasteiger partial charge in [0.25, 0.3) is 8.32 Å². The van der Waals surface area contributed by atoms with Crippen LogP contribution in [0, 0.1) is 0 Å². The summed E-state index contributed by atoms with van der Waals surface area (Å²) in [5, 5.41) is 12.9. The Kier molecular flexibility index (Phi) is 6.04. The van der Waals surface area contributed by atoms with Crippen molar-refractivity contribution in [1.82, 2.24) is 0 Å². The van der Waals surface area contributed by atoms with Crippen LogP contribution in [0.15, 0.2) is 24.8 Å². The fourth-order valence-corrected chi connectivity index (χ4v) is 15.1. The minimum atomic E-state index is -2.22. The Morgan fingerprint density at radius 3 is 2.34 bits per heavy atom. The molecule has 2 aliphatic carbocycles. The van der Waals surface area contributed by atoms with Crippen LogP contribution < -0.4 is 9.16 Å². The quantitative estimate of drug-likeness (QED) is 0.281. The molecule has 3 aliphatic heterocycles. The van der Waals surface area contributed by atoms with Crippen molar-refractivity contribution in [3.05, 3.63) is 35.9 Å². The highest BCUT2D eigenvalue weighted by Crippen LogP contribution is 2.69. The molecule has 6 nitrogen and oxygen atoms in total. The van der Waals surface area contributed by atoms with E-state index in [1.54, 1.807) is 0 Å². The number of hydrogen-bond donors (Lipinski definition) is 1. The Morgan fingerprint density at radius 2 is 1.74 bits per heavy atom. The summed E-state index contributed by atoms with van der Waals surface area (Å²) < 4.78 is 28.0. The van der Waals surface area contributed by atoms with E-state index in [0.717, 1.165) is 41.9 Å². The molecule has 0 radical (unpaired) electrons. The van der Waals surface area contributed by atoms with Crippen LogP contribution in [0.5, 0.6) is 11.5 Å². The number of hydrogen-bond acceptors (Lipinski definition) is 5. The molecule has 3 unspecified atom stereocenters. The molecule has 2 bridgehead atoms. The van der Waals surface area contributed by atoms with Crippen LogP contribution in [0.3, 0.4) is 0 Å². The van der Waals surface area contributed by atoms with Gasteiger partial charge in [0.15, 0.2) is 11.9 Å². The first-order chi connectivity index (χ1) is 17.9. The molecule has 5 atom stereocenters. The number of aliphatic hydroxyl groups is 1. The van der Waals surface area contributed by atoms with Gasteiger partial charge in [0.05, 0.1) is 38.8 Å². The number of fused-ring (bicyclic) bond motifs is 1. The normalized spacial score (nSPS) is 36.6. The lowest BCUT2D eigenvalue weighted by molar-refractivity contribution is -0.944. The van der Waals surface area contributed by atoms with Crippen LogP contribution in [0.4, 0.5) is 0 Å². The third-order valence-electron chi connectivity index (χ3n) is 11.4. The Labute approximate surface area is 230 Å². The monoisotopic (exact) mass is 542 g/mol. The summed E-state index contributed by atoms with van der Waals surface area (Å²) in [6, 6.07) is 4.51. The molecule has 38 heavy (non-hydrogen) atoms. The van der Waals surface area contributed by atoms with Gasteiger partial charge in [0.2, 0.25) is 5.79 Å². The van der Waals surface area contributed by atoms with Crippen LogP contribution in [0.2, 0.25) is 16.6 Å². The summed E-state index contributed by atoms with van der Waals surface area (Å²) in [5.74, 6) is 0.894. The summed E-state index contributed by atoms with van der Waals surface area (Å²) in [5.41, 5.74) is 2.35. The molecule has 210 valence electrons. The second-order valence-electron chi connectivity index (χ2n) is 13.9.